The zero-order valence-electron chi connectivity index (χ0n) is 15.5. The van der Waals surface area contributed by atoms with Gasteiger partial charge in [-0.3, -0.25) is 4.90 Å². The molecule has 1 fully saturated rings. The Balaban J connectivity index is 2.24. The Morgan fingerprint density at radius 3 is 2.41 bits per heavy atom. The lowest BCUT2D eigenvalue weighted by Crippen LogP contribution is -2.44. The van der Waals surface area contributed by atoms with E-state index in [2.05, 4.69) is 50.7 Å². The fraction of sp³-hybridized carbons (Fsp3) is 0.789. The lowest BCUT2D eigenvalue weighted by molar-refractivity contribution is 0.164. The van der Waals surface area contributed by atoms with E-state index in [4.69, 9.17) is 0 Å². The highest BCUT2D eigenvalue weighted by molar-refractivity contribution is 6.10. The van der Waals surface area contributed by atoms with Gasteiger partial charge in [0.05, 0.1) is 0 Å². The van der Waals surface area contributed by atoms with Crippen LogP contribution in [0.3, 0.4) is 0 Å². The summed E-state index contributed by atoms with van der Waals surface area (Å²) in [6, 6.07) is 0. The van der Waals surface area contributed by atoms with E-state index >= 15 is 0 Å². The average molecular weight is 304 g/mol. The standard InChI is InChI=1S/C19H37BN2/c1-4-5-6-7-10-19(16-20)11-8-9-18(2)17-22-14-12-21(3)13-15-22/h9-10H,4-8,11-17,20H2,1-3H3/b18-9+,19-10+. The minimum Gasteiger partial charge on any atom is -0.304 e. The second-order valence-corrected chi connectivity index (χ2v) is 6.88. The molecule has 0 aromatic rings. The van der Waals surface area contributed by atoms with Gasteiger partial charge in [0.2, 0.25) is 0 Å². The van der Waals surface area contributed by atoms with Crippen molar-refractivity contribution in [2.75, 3.05) is 39.8 Å². The number of unbranched alkanes of at least 4 members (excludes halogenated alkanes) is 3. The molecule has 0 aromatic heterocycles. The van der Waals surface area contributed by atoms with Crippen molar-refractivity contribution in [3.8, 4) is 0 Å². The summed E-state index contributed by atoms with van der Waals surface area (Å²) in [5, 5.41) is 0. The van der Waals surface area contributed by atoms with E-state index in [1.165, 1.54) is 71.0 Å². The van der Waals surface area contributed by atoms with Crippen LogP contribution in [0.4, 0.5) is 0 Å². The minimum absolute atomic E-state index is 1.16. The van der Waals surface area contributed by atoms with Crippen molar-refractivity contribution in [2.45, 2.75) is 58.7 Å². The molecular formula is C19H37BN2. The quantitative estimate of drug-likeness (QED) is 0.346. The highest BCUT2D eigenvalue weighted by Crippen LogP contribution is 2.14. The van der Waals surface area contributed by atoms with E-state index in [0.29, 0.717) is 0 Å². The molecule has 0 N–H and O–H groups in total. The Kier molecular flexibility index (Phi) is 10.6. The summed E-state index contributed by atoms with van der Waals surface area (Å²) in [5.41, 5.74) is 3.20. The average Bonchev–Trinajstić information content (AvgIpc) is 2.52. The van der Waals surface area contributed by atoms with Crippen LogP contribution in [0, 0.1) is 0 Å². The Morgan fingerprint density at radius 2 is 1.77 bits per heavy atom. The molecule has 0 unspecified atom stereocenters. The van der Waals surface area contributed by atoms with Gasteiger partial charge in [-0.05, 0) is 39.7 Å². The Bertz CT molecular complexity index is 341. The molecule has 0 aromatic carbocycles. The second-order valence-electron chi connectivity index (χ2n) is 6.88. The molecule has 0 amide bonds. The molecule has 0 aliphatic carbocycles. The topological polar surface area (TPSA) is 6.48 Å². The summed E-state index contributed by atoms with van der Waals surface area (Å²) in [6.45, 7) is 10.6. The molecule has 0 radical (unpaired) electrons. The highest BCUT2D eigenvalue weighted by Gasteiger charge is 2.13. The minimum atomic E-state index is 1.16. The molecule has 0 spiro atoms. The van der Waals surface area contributed by atoms with Gasteiger partial charge in [-0.2, -0.15) is 0 Å². The van der Waals surface area contributed by atoms with Gasteiger partial charge in [0.1, 0.15) is 7.85 Å². The van der Waals surface area contributed by atoms with Gasteiger partial charge >= 0.3 is 0 Å². The maximum absolute atomic E-state index is 2.59. The fourth-order valence-corrected chi connectivity index (χ4v) is 3.05. The van der Waals surface area contributed by atoms with Gasteiger partial charge in [0.25, 0.3) is 0 Å². The van der Waals surface area contributed by atoms with Gasteiger partial charge in [0, 0.05) is 32.7 Å². The molecule has 1 aliphatic rings. The van der Waals surface area contributed by atoms with Crippen molar-refractivity contribution in [3.63, 3.8) is 0 Å². The molecule has 2 nitrogen and oxygen atoms in total. The van der Waals surface area contributed by atoms with E-state index in [1.807, 2.05) is 0 Å². The number of likely N-dealkylation sites (N-methyl/N-ethyl adjacent to an activating group) is 1. The lowest BCUT2D eigenvalue weighted by atomic mass is 9.92. The van der Waals surface area contributed by atoms with Crippen LogP contribution in [-0.4, -0.2) is 57.4 Å². The van der Waals surface area contributed by atoms with Crippen molar-refractivity contribution < 1.29 is 0 Å². The van der Waals surface area contributed by atoms with Crippen LogP contribution in [0.1, 0.15) is 52.4 Å². The second kappa shape index (κ2) is 12.0. The number of piperazine rings is 1. The zero-order valence-corrected chi connectivity index (χ0v) is 15.5. The van der Waals surface area contributed by atoms with Crippen LogP contribution < -0.4 is 0 Å². The van der Waals surface area contributed by atoms with Crippen molar-refractivity contribution in [1.82, 2.24) is 9.80 Å². The monoisotopic (exact) mass is 304 g/mol. The number of rotatable bonds is 10. The van der Waals surface area contributed by atoms with Crippen LogP contribution in [0.25, 0.3) is 0 Å². The Morgan fingerprint density at radius 1 is 1.05 bits per heavy atom. The van der Waals surface area contributed by atoms with Gasteiger partial charge in [0.15, 0.2) is 0 Å². The van der Waals surface area contributed by atoms with Crippen molar-refractivity contribution >= 4 is 7.85 Å². The van der Waals surface area contributed by atoms with Crippen LogP contribution >= 0.6 is 0 Å². The first kappa shape index (κ1) is 19.5. The summed E-state index contributed by atoms with van der Waals surface area (Å²) in [7, 11) is 4.52. The van der Waals surface area contributed by atoms with E-state index in [9.17, 15) is 0 Å². The summed E-state index contributed by atoms with van der Waals surface area (Å²) < 4.78 is 0. The number of allylic oxidation sites excluding steroid dienone is 3. The summed E-state index contributed by atoms with van der Waals surface area (Å²) in [4.78, 5) is 5.01. The number of nitrogens with zero attached hydrogens (tertiary/aromatic N) is 2. The molecule has 0 atom stereocenters. The molecule has 1 saturated heterocycles. The van der Waals surface area contributed by atoms with E-state index in [-0.39, 0.29) is 0 Å². The summed E-state index contributed by atoms with van der Waals surface area (Å²) >= 11 is 0. The van der Waals surface area contributed by atoms with Crippen molar-refractivity contribution in [3.05, 3.63) is 23.3 Å². The maximum atomic E-state index is 2.59. The third kappa shape index (κ3) is 8.80. The predicted octanol–water partition coefficient (Wildman–Crippen LogP) is 3.52. The molecular weight excluding hydrogens is 267 g/mol. The normalized spacial score (nSPS) is 18.9. The van der Waals surface area contributed by atoms with Crippen LogP contribution in [0.5, 0.6) is 0 Å². The van der Waals surface area contributed by atoms with Gasteiger partial charge in [-0.25, -0.2) is 0 Å². The molecule has 1 rings (SSSR count). The Labute approximate surface area is 140 Å². The van der Waals surface area contributed by atoms with E-state index in [0.717, 1.165) is 6.54 Å². The van der Waals surface area contributed by atoms with Crippen LogP contribution in [0.2, 0.25) is 6.32 Å². The summed E-state index contributed by atoms with van der Waals surface area (Å²) in [5.74, 6) is 0. The first-order valence-electron chi connectivity index (χ1n) is 9.40. The van der Waals surface area contributed by atoms with Gasteiger partial charge in [-0.15, -0.1) is 0 Å². The molecule has 0 bridgehead atoms. The predicted molar refractivity (Wildman–Crippen MR) is 103 cm³/mol. The third-order valence-electron chi connectivity index (χ3n) is 4.72. The molecule has 1 aliphatic heterocycles. The lowest BCUT2D eigenvalue weighted by Gasteiger charge is -2.32. The van der Waals surface area contributed by atoms with E-state index in [1.54, 1.807) is 11.1 Å². The van der Waals surface area contributed by atoms with Gasteiger partial charge < -0.3 is 4.90 Å². The third-order valence-corrected chi connectivity index (χ3v) is 4.72. The SMILES string of the molecule is BC/C(=C/CCCCC)CC/C=C(\C)CN1CCN(C)CC1. The number of hydrogen-bond acceptors (Lipinski definition) is 2. The van der Waals surface area contributed by atoms with Crippen molar-refractivity contribution in [1.29, 1.82) is 0 Å². The molecule has 0 saturated carbocycles. The van der Waals surface area contributed by atoms with Crippen LogP contribution in [-0.2, 0) is 0 Å². The largest absolute Gasteiger partial charge is 0.304 e. The Hall–Kier alpha value is -0.535. The fourth-order valence-electron chi connectivity index (χ4n) is 3.05. The summed E-state index contributed by atoms with van der Waals surface area (Å²) in [6.07, 6.45) is 14.0. The molecule has 126 valence electrons. The first-order chi connectivity index (χ1) is 10.7. The number of hydrogen-bond donors (Lipinski definition) is 0. The van der Waals surface area contributed by atoms with Crippen molar-refractivity contribution in [2.24, 2.45) is 0 Å². The maximum Gasteiger partial charge on any atom is 0.106 e. The van der Waals surface area contributed by atoms with E-state index < -0.39 is 0 Å². The van der Waals surface area contributed by atoms with Crippen LogP contribution in [0.15, 0.2) is 23.3 Å². The molecule has 3 heteroatoms. The highest BCUT2D eigenvalue weighted by atomic mass is 15.2. The molecule has 22 heavy (non-hydrogen) atoms. The smallest absolute Gasteiger partial charge is 0.106 e. The van der Waals surface area contributed by atoms with Gasteiger partial charge in [-0.1, -0.05) is 49.4 Å². The zero-order chi connectivity index (χ0) is 16.2. The molecule has 1 heterocycles. The first-order valence-corrected chi connectivity index (χ1v) is 9.40.